The third kappa shape index (κ3) is 2.73. The van der Waals surface area contributed by atoms with E-state index in [1.807, 2.05) is 40.7 Å². The van der Waals surface area contributed by atoms with E-state index in [1.165, 1.54) is 0 Å². The zero-order valence-corrected chi connectivity index (χ0v) is 13.9. The SMILES string of the molecule is CCCC1C=C([Si](O)(C(C)C)C(C)C)CS1(=O)=O. The fourth-order valence-corrected chi connectivity index (χ4v) is 9.55. The van der Waals surface area contributed by atoms with Crippen LogP contribution in [0.1, 0.15) is 47.5 Å². The van der Waals surface area contributed by atoms with Gasteiger partial charge in [-0.05, 0) is 22.7 Å². The van der Waals surface area contributed by atoms with Crippen LogP contribution in [0.4, 0.5) is 0 Å². The molecule has 0 spiro atoms. The van der Waals surface area contributed by atoms with E-state index in [2.05, 4.69) is 0 Å². The molecule has 1 unspecified atom stereocenters. The maximum absolute atomic E-state index is 12.1. The van der Waals surface area contributed by atoms with Gasteiger partial charge in [0.05, 0.1) is 11.0 Å². The Bertz CT molecular complexity index is 416. The van der Waals surface area contributed by atoms with E-state index in [0.717, 1.165) is 11.6 Å². The Morgan fingerprint density at radius 1 is 1.33 bits per heavy atom. The zero-order chi connectivity index (χ0) is 14.1. The summed E-state index contributed by atoms with van der Waals surface area (Å²) in [6.07, 6.45) is 3.40. The standard InChI is InChI=1S/C13H26O3SSi/c1-6-7-12-8-13(9-17(12,14)15)18(16,10(2)3)11(4)5/h8,10-12,16H,6-7,9H2,1-5H3. The molecule has 0 bridgehead atoms. The van der Waals surface area contributed by atoms with Crippen LogP contribution in [0.25, 0.3) is 0 Å². The van der Waals surface area contributed by atoms with Gasteiger partial charge >= 0.3 is 0 Å². The van der Waals surface area contributed by atoms with E-state index < -0.39 is 18.2 Å². The van der Waals surface area contributed by atoms with Gasteiger partial charge in [-0.15, -0.1) is 0 Å². The van der Waals surface area contributed by atoms with Crippen molar-refractivity contribution < 1.29 is 13.2 Å². The van der Waals surface area contributed by atoms with Crippen LogP contribution in [0.5, 0.6) is 0 Å². The topological polar surface area (TPSA) is 54.4 Å². The van der Waals surface area contributed by atoms with Gasteiger partial charge in [-0.1, -0.05) is 47.1 Å². The van der Waals surface area contributed by atoms with Gasteiger partial charge in [0.2, 0.25) is 8.32 Å². The molecular weight excluding hydrogens is 264 g/mol. The Hall–Kier alpha value is -0.133. The largest absolute Gasteiger partial charge is 0.427 e. The van der Waals surface area contributed by atoms with Crippen molar-refractivity contribution in [3.63, 3.8) is 0 Å². The second kappa shape index (κ2) is 5.47. The first-order chi connectivity index (χ1) is 8.16. The lowest BCUT2D eigenvalue weighted by Crippen LogP contribution is -2.45. The molecule has 0 amide bonds. The molecule has 1 aliphatic heterocycles. The molecule has 5 heteroatoms. The highest BCUT2D eigenvalue weighted by Gasteiger charge is 2.47. The molecule has 1 aliphatic rings. The summed E-state index contributed by atoms with van der Waals surface area (Å²) in [5.41, 5.74) is 0.304. The molecule has 0 aliphatic carbocycles. The summed E-state index contributed by atoms with van der Waals surface area (Å²) in [7, 11) is -5.72. The minimum atomic E-state index is -3.07. The second-order valence-electron chi connectivity index (χ2n) is 5.96. The highest BCUT2D eigenvalue weighted by molar-refractivity contribution is 7.92. The smallest absolute Gasteiger partial charge is 0.221 e. The van der Waals surface area contributed by atoms with E-state index >= 15 is 0 Å². The van der Waals surface area contributed by atoms with E-state index in [-0.39, 0.29) is 22.1 Å². The summed E-state index contributed by atoms with van der Waals surface area (Å²) < 4.78 is 24.2. The Morgan fingerprint density at radius 2 is 1.83 bits per heavy atom. The molecule has 106 valence electrons. The lowest BCUT2D eigenvalue weighted by Gasteiger charge is -2.34. The van der Waals surface area contributed by atoms with Crippen molar-refractivity contribution in [1.82, 2.24) is 0 Å². The van der Waals surface area contributed by atoms with Crippen molar-refractivity contribution in [2.75, 3.05) is 5.75 Å². The number of rotatable bonds is 5. The lowest BCUT2D eigenvalue weighted by molar-refractivity contribution is 0.505. The first-order valence-electron chi connectivity index (χ1n) is 6.81. The highest BCUT2D eigenvalue weighted by atomic mass is 32.2. The Balaban J connectivity index is 3.14. The molecule has 0 aromatic rings. The predicted octanol–water partition coefficient (Wildman–Crippen LogP) is 2.81. The average Bonchev–Trinajstić information content (AvgIpc) is 2.53. The predicted molar refractivity (Wildman–Crippen MR) is 78.7 cm³/mol. The fraction of sp³-hybridized carbons (Fsp3) is 0.846. The molecule has 0 aromatic carbocycles. The van der Waals surface area contributed by atoms with Gasteiger partial charge < -0.3 is 4.80 Å². The second-order valence-corrected chi connectivity index (χ2v) is 12.8. The summed E-state index contributed by atoms with van der Waals surface area (Å²) in [4.78, 5) is 11.0. The summed E-state index contributed by atoms with van der Waals surface area (Å²) in [6, 6.07) is 0. The van der Waals surface area contributed by atoms with Gasteiger partial charge in [-0.25, -0.2) is 8.42 Å². The van der Waals surface area contributed by atoms with Crippen molar-refractivity contribution in [3.8, 4) is 0 Å². The van der Waals surface area contributed by atoms with Crippen molar-refractivity contribution in [1.29, 1.82) is 0 Å². The molecule has 1 atom stereocenters. The molecule has 0 fully saturated rings. The van der Waals surface area contributed by atoms with Crippen LogP contribution >= 0.6 is 0 Å². The third-order valence-corrected chi connectivity index (χ3v) is 11.2. The quantitative estimate of drug-likeness (QED) is 0.792. The molecule has 3 nitrogen and oxygen atoms in total. The van der Waals surface area contributed by atoms with E-state index in [4.69, 9.17) is 0 Å². The first kappa shape index (κ1) is 15.9. The van der Waals surface area contributed by atoms with Crippen LogP contribution in [0.2, 0.25) is 11.1 Å². The summed E-state index contributed by atoms with van der Waals surface area (Å²) in [6.45, 7) is 10.0. The normalized spacial score (nSPS) is 23.8. The maximum Gasteiger partial charge on any atom is 0.221 e. The van der Waals surface area contributed by atoms with Crippen LogP contribution < -0.4 is 0 Å². The Labute approximate surface area is 112 Å². The van der Waals surface area contributed by atoms with E-state index in [1.54, 1.807) is 0 Å². The average molecular weight is 291 g/mol. The van der Waals surface area contributed by atoms with Crippen LogP contribution in [-0.4, -0.2) is 32.5 Å². The van der Waals surface area contributed by atoms with Crippen LogP contribution in [-0.2, 0) is 9.84 Å². The van der Waals surface area contributed by atoms with Crippen LogP contribution in [0.15, 0.2) is 11.3 Å². The van der Waals surface area contributed by atoms with Crippen LogP contribution in [0.3, 0.4) is 0 Å². The van der Waals surface area contributed by atoms with Crippen molar-refractivity contribution >= 4 is 18.2 Å². The monoisotopic (exact) mass is 290 g/mol. The molecule has 0 radical (unpaired) electrons. The zero-order valence-electron chi connectivity index (χ0n) is 12.1. The summed E-state index contributed by atoms with van der Waals surface area (Å²) in [5.74, 6) is 0.0801. The molecular formula is C13H26O3SSi. The maximum atomic E-state index is 12.1. The van der Waals surface area contributed by atoms with Gasteiger partial charge in [0.15, 0.2) is 9.84 Å². The summed E-state index contributed by atoms with van der Waals surface area (Å²) in [5, 5.41) is 0.472. The minimum Gasteiger partial charge on any atom is -0.427 e. The number of hydrogen-bond acceptors (Lipinski definition) is 3. The molecule has 0 saturated carbocycles. The molecule has 18 heavy (non-hydrogen) atoms. The Morgan fingerprint density at radius 3 is 2.22 bits per heavy atom. The third-order valence-electron chi connectivity index (χ3n) is 4.05. The molecule has 1 N–H and O–H groups in total. The van der Waals surface area contributed by atoms with E-state index in [0.29, 0.717) is 6.42 Å². The van der Waals surface area contributed by atoms with E-state index in [9.17, 15) is 13.2 Å². The van der Waals surface area contributed by atoms with Crippen LogP contribution in [0, 0.1) is 0 Å². The van der Waals surface area contributed by atoms with Gasteiger partial charge in [0.25, 0.3) is 0 Å². The number of sulfone groups is 1. The fourth-order valence-electron chi connectivity index (χ4n) is 2.90. The summed E-state index contributed by atoms with van der Waals surface area (Å²) >= 11 is 0. The van der Waals surface area contributed by atoms with Gasteiger partial charge in [-0.2, -0.15) is 0 Å². The number of hydrogen-bond donors (Lipinski definition) is 1. The Kier molecular flexibility index (Phi) is 4.84. The van der Waals surface area contributed by atoms with Gasteiger partial charge in [-0.3, -0.25) is 0 Å². The lowest BCUT2D eigenvalue weighted by atomic mass is 10.2. The van der Waals surface area contributed by atoms with Crippen molar-refractivity contribution in [2.45, 2.75) is 63.8 Å². The molecule has 1 rings (SSSR count). The minimum absolute atomic E-state index is 0.0801. The first-order valence-corrected chi connectivity index (χ1v) is 10.6. The molecule has 1 heterocycles. The van der Waals surface area contributed by atoms with Crippen molar-refractivity contribution in [3.05, 3.63) is 11.3 Å². The van der Waals surface area contributed by atoms with Gasteiger partial charge in [0.1, 0.15) is 0 Å². The highest BCUT2D eigenvalue weighted by Crippen LogP contribution is 2.40. The molecule has 0 saturated heterocycles. The van der Waals surface area contributed by atoms with Gasteiger partial charge in [0, 0.05) is 0 Å². The molecule has 0 aromatic heterocycles. The van der Waals surface area contributed by atoms with Crippen molar-refractivity contribution in [2.24, 2.45) is 0 Å².